The van der Waals surface area contributed by atoms with Crippen LogP contribution in [0, 0.1) is 6.92 Å². The predicted molar refractivity (Wildman–Crippen MR) is 54.6 cm³/mol. The highest BCUT2D eigenvalue weighted by Crippen LogP contribution is 2.14. The summed E-state index contributed by atoms with van der Waals surface area (Å²) in [4.78, 5) is -0.0424. The minimum Gasteiger partial charge on any atom is -0.264 e. The number of hydrogen-bond donors (Lipinski definition) is 0. The van der Waals surface area contributed by atoms with E-state index in [2.05, 4.69) is 4.18 Å². The summed E-state index contributed by atoms with van der Waals surface area (Å²) in [5.74, 6) is 0. The van der Waals surface area contributed by atoms with Gasteiger partial charge in [-0.15, -0.1) is 0 Å². The van der Waals surface area contributed by atoms with Gasteiger partial charge in [-0.25, -0.2) is 0 Å². The third kappa shape index (κ3) is 2.82. The lowest BCUT2D eigenvalue weighted by atomic mass is 10.2. The molecule has 1 aromatic carbocycles. The molecule has 0 saturated heterocycles. The maximum Gasteiger partial charge on any atom is 0.297 e. The fourth-order valence-electron chi connectivity index (χ4n) is 0.951. The summed E-state index contributed by atoms with van der Waals surface area (Å²) in [6.07, 6.45) is -1.37. The first-order valence-corrected chi connectivity index (χ1v) is 5.54. The van der Waals surface area contributed by atoms with Crippen LogP contribution >= 0.6 is 0 Å². The molecule has 3 nitrogen and oxygen atoms in total. The minimum absolute atomic E-state index is 0.0424. The van der Waals surface area contributed by atoms with Crippen LogP contribution in [0.5, 0.6) is 0 Å². The van der Waals surface area contributed by atoms with Crippen LogP contribution in [0.1, 0.15) is 23.5 Å². The van der Waals surface area contributed by atoms with Gasteiger partial charge in [-0.2, -0.15) is 8.42 Å². The predicted octanol–water partition coefficient (Wildman–Crippen LogP) is 2.11. The van der Waals surface area contributed by atoms with Gasteiger partial charge in [0.15, 0.2) is 0 Å². The van der Waals surface area contributed by atoms with Crippen LogP contribution < -0.4 is 0 Å². The second kappa shape index (κ2) is 4.11. The molecule has 0 aliphatic carbocycles. The summed E-state index contributed by atoms with van der Waals surface area (Å²) >= 11 is 0. The molecule has 0 fully saturated rings. The summed E-state index contributed by atoms with van der Waals surface area (Å²) in [5.41, 5.74) is 0.910. The minimum atomic E-state index is -4.02. The zero-order chi connectivity index (χ0) is 13.3. The third-order valence-corrected chi connectivity index (χ3v) is 2.97. The van der Waals surface area contributed by atoms with Gasteiger partial charge in [0.05, 0.1) is 11.0 Å². The van der Waals surface area contributed by atoms with Crippen molar-refractivity contribution in [2.45, 2.75) is 31.7 Å². The summed E-state index contributed by atoms with van der Waals surface area (Å²) in [6, 6.07) is 6.01. The molecule has 0 amide bonds. The molecule has 0 aliphatic rings. The Kier molecular flexibility index (Phi) is 2.18. The zero-order valence-electron chi connectivity index (χ0n) is 11.0. The van der Waals surface area contributed by atoms with E-state index < -0.39 is 23.1 Å². The van der Waals surface area contributed by atoms with E-state index >= 15 is 0 Å². The Morgan fingerprint density at radius 1 is 1.36 bits per heavy atom. The van der Waals surface area contributed by atoms with E-state index in [4.69, 9.17) is 4.11 Å². The van der Waals surface area contributed by atoms with Crippen molar-refractivity contribution in [2.75, 3.05) is 0 Å². The quantitative estimate of drug-likeness (QED) is 0.728. The molecule has 1 aromatic rings. The first-order chi connectivity index (χ1) is 7.63. The van der Waals surface area contributed by atoms with Crippen molar-refractivity contribution in [3.05, 3.63) is 29.8 Å². The highest BCUT2D eigenvalue weighted by molar-refractivity contribution is 7.86. The lowest BCUT2D eigenvalue weighted by Crippen LogP contribution is -2.12. The van der Waals surface area contributed by atoms with Gasteiger partial charge < -0.3 is 0 Å². The van der Waals surface area contributed by atoms with Crippen molar-refractivity contribution in [1.29, 1.82) is 0 Å². The van der Waals surface area contributed by atoms with E-state index in [1.54, 1.807) is 12.1 Å². The van der Waals surface area contributed by atoms with Crippen molar-refractivity contribution in [2.24, 2.45) is 0 Å². The highest BCUT2D eigenvalue weighted by atomic mass is 32.2. The lowest BCUT2D eigenvalue weighted by Gasteiger charge is -2.08. The van der Waals surface area contributed by atoms with Gasteiger partial charge in [-0.1, -0.05) is 17.7 Å². The van der Waals surface area contributed by atoms with Gasteiger partial charge in [-0.3, -0.25) is 4.18 Å². The smallest absolute Gasteiger partial charge is 0.264 e. The molecule has 0 radical (unpaired) electrons. The van der Waals surface area contributed by atoms with E-state index in [1.807, 2.05) is 6.92 Å². The van der Waals surface area contributed by atoms with Gasteiger partial charge in [0, 0.05) is 4.11 Å². The fraction of sp³-hybridized carbons (Fsp3) is 0.400. The Morgan fingerprint density at radius 2 is 1.93 bits per heavy atom. The molecule has 0 bridgehead atoms. The number of benzene rings is 1. The first-order valence-electron chi connectivity index (χ1n) is 5.63. The number of aryl methyl sites for hydroxylation is 1. The Labute approximate surface area is 89.1 Å². The van der Waals surface area contributed by atoms with E-state index in [0.29, 0.717) is 0 Å². The molecule has 0 saturated carbocycles. The molecule has 0 spiro atoms. The van der Waals surface area contributed by atoms with Crippen molar-refractivity contribution in [3.63, 3.8) is 0 Å². The second-order valence-corrected chi connectivity index (χ2v) is 4.58. The van der Waals surface area contributed by atoms with Crippen molar-refractivity contribution < 1.29 is 16.7 Å². The van der Waals surface area contributed by atoms with Crippen LogP contribution in [0.3, 0.4) is 0 Å². The van der Waals surface area contributed by atoms with Crippen molar-refractivity contribution in [3.8, 4) is 0 Å². The van der Waals surface area contributed by atoms with Gasteiger partial charge in [0.1, 0.15) is 0 Å². The SMILES string of the molecule is [2H]C([2H])([2H])C(C)OS(=O)(=O)c1ccc(C)cc1. The van der Waals surface area contributed by atoms with Crippen molar-refractivity contribution in [1.82, 2.24) is 0 Å². The van der Waals surface area contributed by atoms with Gasteiger partial charge in [0.25, 0.3) is 10.1 Å². The van der Waals surface area contributed by atoms with Crippen LogP contribution in [0.15, 0.2) is 29.2 Å². The standard InChI is InChI=1S/C10H14O3S/c1-8(2)13-14(11,12)10-6-4-9(3)5-7-10/h4-8H,1-3H3/i1D3. The average Bonchev–Trinajstić information content (AvgIpc) is 2.16. The van der Waals surface area contributed by atoms with E-state index in [1.165, 1.54) is 19.1 Å². The van der Waals surface area contributed by atoms with Crippen LogP contribution in [0.25, 0.3) is 0 Å². The molecule has 1 atom stereocenters. The van der Waals surface area contributed by atoms with E-state index in [0.717, 1.165) is 5.56 Å². The molecule has 1 rings (SSSR count). The third-order valence-electron chi connectivity index (χ3n) is 1.58. The van der Waals surface area contributed by atoms with Crippen LogP contribution in [0.4, 0.5) is 0 Å². The Hall–Kier alpha value is -0.870. The molecular weight excluding hydrogens is 200 g/mol. The van der Waals surface area contributed by atoms with Crippen molar-refractivity contribution >= 4 is 10.1 Å². The summed E-state index contributed by atoms with van der Waals surface area (Å²) in [6.45, 7) is 0.568. The topological polar surface area (TPSA) is 43.4 Å². The largest absolute Gasteiger partial charge is 0.297 e. The van der Waals surface area contributed by atoms with Crippen LogP contribution in [0.2, 0.25) is 0 Å². The van der Waals surface area contributed by atoms with Gasteiger partial charge in [-0.05, 0) is 32.8 Å². The summed E-state index contributed by atoms with van der Waals surface area (Å²) < 4.78 is 49.3. The van der Waals surface area contributed by atoms with Crippen LogP contribution in [-0.4, -0.2) is 14.5 Å². The van der Waals surface area contributed by atoms with Gasteiger partial charge >= 0.3 is 0 Å². The Bertz CT molecular complexity index is 477. The summed E-state index contributed by atoms with van der Waals surface area (Å²) in [5, 5.41) is 0. The molecule has 4 heteroatoms. The monoisotopic (exact) mass is 217 g/mol. The normalized spacial score (nSPS) is 18.0. The van der Waals surface area contributed by atoms with Gasteiger partial charge in [0.2, 0.25) is 0 Å². The number of rotatable bonds is 3. The average molecular weight is 217 g/mol. The molecule has 0 N–H and O–H groups in total. The maximum absolute atomic E-state index is 11.7. The second-order valence-electron chi connectivity index (χ2n) is 3.01. The fourth-order valence-corrected chi connectivity index (χ4v) is 1.91. The highest BCUT2D eigenvalue weighted by Gasteiger charge is 2.16. The Balaban J connectivity index is 2.94. The molecule has 1 unspecified atom stereocenters. The number of hydrogen-bond acceptors (Lipinski definition) is 3. The molecule has 0 aliphatic heterocycles. The molecule has 0 heterocycles. The lowest BCUT2D eigenvalue weighted by molar-refractivity contribution is 0.249. The zero-order valence-corrected chi connectivity index (χ0v) is 8.84. The van der Waals surface area contributed by atoms with E-state index in [-0.39, 0.29) is 4.90 Å². The summed E-state index contributed by atoms with van der Waals surface area (Å²) in [7, 11) is -4.02. The first kappa shape index (κ1) is 7.43. The molecule has 78 valence electrons. The van der Waals surface area contributed by atoms with Crippen LogP contribution in [-0.2, 0) is 14.3 Å². The Morgan fingerprint density at radius 3 is 2.43 bits per heavy atom. The van der Waals surface area contributed by atoms with E-state index in [9.17, 15) is 8.42 Å². The maximum atomic E-state index is 11.7. The molecule has 0 aromatic heterocycles. The molecular formula is C10H14O3S. The molecule has 14 heavy (non-hydrogen) atoms.